The largest absolute Gasteiger partial charge is 0.473 e. The molecule has 0 atom stereocenters. The van der Waals surface area contributed by atoms with E-state index in [0.29, 0.717) is 5.88 Å². The molecule has 1 fully saturated rings. The van der Waals surface area contributed by atoms with E-state index in [2.05, 4.69) is 21.9 Å². The minimum absolute atomic E-state index is 0.234. The van der Waals surface area contributed by atoms with Crippen LogP contribution in [-0.2, 0) is 0 Å². The predicted octanol–water partition coefficient (Wildman–Crippen LogP) is 2.82. The van der Waals surface area contributed by atoms with E-state index < -0.39 is 0 Å². The van der Waals surface area contributed by atoms with Crippen LogP contribution in [0.15, 0.2) is 11.4 Å². The number of likely N-dealkylation sites (tertiary alicyclic amines) is 1. The summed E-state index contributed by atoms with van der Waals surface area (Å²) in [5, 5.41) is 2.24. The lowest BCUT2D eigenvalue weighted by atomic mass is 10.1. The SMILES string of the molecule is CN1CCC(Oc2nc(Cl)nc3ccsc23)CC1. The molecule has 0 bridgehead atoms. The Balaban J connectivity index is 1.83. The number of thiophene rings is 1. The Morgan fingerprint density at radius 2 is 2.17 bits per heavy atom. The Kier molecular flexibility index (Phi) is 3.37. The maximum atomic E-state index is 6.00. The summed E-state index contributed by atoms with van der Waals surface area (Å²) in [5.74, 6) is 0.634. The normalized spacial score (nSPS) is 18.3. The smallest absolute Gasteiger partial charge is 0.236 e. The van der Waals surface area contributed by atoms with Crippen molar-refractivity contribution in [3.63, 3.8) is 0 Å². The molecule has 1 aliphatic heterocycles. The second-order valence-corrected chi connectivity index (χ2v) is 5.81. The summed E-state index contributed by atoms with van der Waals surface area (Å²) in [6, 6.07) is 1.94. The molecule has 1 saturated heterocycles. The van der Waals surface area contributed by atoms with E-state index in [1.54, 1.807) is 11.3 Å². The van der Waals surface area contributed by atoms with Crippen LogP contribution in [0.4, 0.5) is 0 Å². The quantitative estimate of drug-likeness (QED) is 0.795. The van der Waals surface area contributed by atoms with E-state index in [4.69, 9.17) is 16.3 Å². The molecule has 3 heterocycles. The van der Waals surface area contributed by atoms with Crippen LogP contribution in [-0.4, -0.2) is 41.1 Å². The number of ether oxygens (including phenoxy) is 1. The first kappa shape index (κ1) is 12.1. The minimum Gasteiger partial charge on any atom is -0.473 e. The summed E-state index contributed by atoms with van der Waals surface area (Å²) >= 11 is 7.51. The number of nitrogens with zero attached hydrogens (tertiary/aromatic N) is 3. The first-order chi connectivity index (χ1) is 8.72. The van der Waals surface area contributed by atoms with Crippen molar-refractivity contribution in [3.8, 4) is 5.88 Å². The van der Waals surface area contributed by atoms with Gasteiger partial charge in [0.25, 0.3) is 0 Å². The number of halogens is 1. The molecule has 0 unspecified atom stereocenters. The molecule has 0 aliphatic carbocycles. The Morgan fingerprint density at radius 3 is 2.94 bits per heavy atom. The molecule has 4 nitrogen and oxygen atoms in total. The highest BCUT2D eigenvalue weighted by Gasteiger charge is 2.20. The van der Waals surface area contributed by atoms with Crippen molar-refractivity contribution in [1.82, 2.24) is 14.9 Å². The molecule has 96 valence electrons. The summed E-state index contributed by atoms with van der Waals surface area (Å²) in [7, 11) is 2.13. The van der Waals surface area contributed by atoms with Crippen molar-refractivity contribution in [2.75, 3.05) is 20.1 Å². The standard InChI is InChI=1S/C12H14ClN3OS/c1-16-5-2-8(3-6-16)17-11-10-9(4-7-18-10)14-12(13)15-11/h4,7-8H,2-3,5-6H2,1H3. The van der Waals surface area contributed by atoms with Gasteiger partial charge in [0.1, 0.15) is 10.8 Å². The Labute approximate surface area is 115 Å². The molecule has 0 N–H and O–H groups in total. The summed E-state index contributed by atoms with van der Waals surface area (Å²) in [6.07, 6.45) is 2.30. The predicted molar refractivity (Wildman–Crippen MR) is 73.6 cm³/mol. The van der Waals surface area contributed by atoms with E-state index in [-0.39, 0.29) is 11.4 Å². The number of piperidine rings is 1. The van der Waals surface area contributed by atoms with Crippen LogP contribution in [0.25, 0.3) is 10.2 Å². The third kappa shape index (κ3) is 2.43. The fourth-order valence-electron chi connectivity index (χ4n) is 2.15. The number of aromatic nitrogens is 2. The first-order valence-corrected chi connectivity index (χ1v) is 7.24. The highest BCUT2D eigenvalue weighted by molar-refractivity contribution is 7.17. The van der Waals surface area contributed by atoms with Gasteiger partial charge >= 0.3 is 0 Å². The van der Waals surface area contributed by atoms with Gasteiger partial charge in [-0.3, -0.25) is 0 Å². The third-order valence-corrected chi connectivity index (χ3v) is 4.25. The lowest BCUT2D eigenvalue weighted by Crippen LogP contribution is -2.35. The summed E-state index contributed by atoms with van der Waals surface area (Å²) in [4.78, 5) is 10.7. The molecule has 0 aromatic carbocycles. The number of hydrogen-bond acceptors (Lipinski definition) is 5. The summed E-state index contributed by atoms with van der Waals surface area (Å²) in [5.41, 5.74) is 0.864. The van der Waals surface area contributed by atoms with E-state index in [1.165, 1.54) is 0 Å². The number of hydrogen-bond donors (Lipinski definition) is 0. The van der Waals surface area contributed by atoms with Gasteiger partial charge in [-0.1, -0.05) is 0 Å². The maximum absolute atomic E-state index is 6.00. The maximum Gasteiger partial charge on any atom is 0.236 e. The van der Waals surface area contributed by atoms with Crippen molar-refractivity contribution in [2.24, 2.45) is 0 Å². The highest BCUT2D eigenvalue weighted by atomic mass is 35.5. The second-order valence-electron chi connectivity index (χ2n) is 4.55. The van der Waals surface area contributed by atoms with Crippen molar-refractivity contribution in [3.05, 3.63) is 16.7 Å². The molecular weight excluding hydrogens is 270 g/mol. The second kappa shape index (κ2) is 4.99. The lowest BCUT2D eigenvalue weighted by molar-refractivity contribution is 0.111. The molecule has 0 radical (unpaired) electrons. The molecule has 2 aromatic rings. The zero-order valence-corrected chi connectivity index (χ0v) is 11.7. The van der Waals surface area contributed by atoms with Gasteiger partial charge in [0, 0.05) is 13.1 Å². The highest BCUT2D eigenvalue weighted by Crippen LogP contribution is 2.30. The molecule has 18 heavy (non-hydrogen) atoms. The molecule has 0 amide bonds. The van der Waals surface area contributed by atoms with Gasteiger partial charge in [0.05, 0.1) is 5.52 Å². The molecule has 0 spiro atoms. The summed E-state index contributed by atoms with van der Waals surface area (Å²) in [6.45, 7) is 2.13. The van der Waals surface area contributed by atoms with Crippen LogP contribution in [0.2, 0.25) is 5.28 Å². The molecule has 0 saturated carbocycles. The van der Waals surface area contributed by atoms with Crippen molar-refractivity contribution >= 4 is 33.2 Å². The number of fused-ring (bicyclic) bond motifs is 1. The van der Waals surface area contributed by atoms with E-state index in [0.717, 1.165) is 36.1 Å². The van der Waals surface area contributed by atoms with Gasteiger partial charge in [0.15, 0.2) is 0 Å². The fourth-order valence-corrected chi connectivity index (χ4v) is 3.08. The zero-order chi connectivity index (χ0) is 12.5. The van der Waals surface area contributed by atoms with Crippen molar-refractivity contribution in [2.45, 2.75) is 18.9 Å². The Hall–Kier alpha value is -0.910. The molecule has 6 heteroatoms. The van der Waals surface area contributed by atoms with E-state index in [1.807, 2.05) is 11.4 Å². The van der Waals surface area contributed by atoms with Gasteiger partial charge in [-0.15, -0.1) is 11.3 Å². The van der Waals surface area contributed by atoms with E-state index in [9.17, 15) is 0 Å². The van der Waals surface area contributed by atoms with Gasteiger partial charge in [-0.25, -0.2) is 4.98 Å². The van der Waals surface area contributed by atoms with Crippen LogP contribution >= 0.6 is 22.9 Å². The minimum atomic E-state index is 0.234. The van der Waals surface area contributed by atoms with Crippen LogP contribution in [0.5, 0.6) is 5.88 Å². The average Bonchev–Trinajstić information content (AvgIpc) is 2.80. The lowest BCUT2D eigenvalue weighted by Gasteiger charge is -2.28. The van der Waals surface area contributed by atoms with Gasteiger partial charge < -0.3 is 9.64 Å². The van der Waals surface area contributed by atoms with Crippen molar-refractivity contribution in [1.29, 1.82) is 0 Å². The average molecular weight is 284 g/mol. The Morgan fingerprint density at radius 1 is 1.39 bits per heavy atom. The fraction of sp³-hybridized carbons (Fsp3) is 0.500. The van der Waals surface area contributed by atoms with Crippen molar-refractivity contribution < 1.29 is 4.74 Å². The Bertz CT molecular complexity index is 551. The van der Waals surface area contributed by atoms with Crippen LogP contribution in [0, 0.1) is 0 Å². The zero-order valence-electron chi connectivity index (χ0n) is 10.1. The van der Waals surface area contributed by atoms with Crippen LogP contribution < -0.4 is 4.74 Å². The first-order valence-electron chi connectivity index (χ1n) is 5.98. The topological polar surface area (TPSA) is 38.2 Å². The summed E-state index contributed by atoms with van der Waals surface area (Å²) < 4.78 is 6.99. The van der Waals surface area contributed by atoms with Gasteiger partial charge in [-0.05, 0) is 42.9 Å². The molecule has 1 aliphatic rings. The third-order valence-electron chi connectivity index (χ3n) is 3.19. The van der Waals surface area contributed by atoms with E-state index >= 15 is 0 Å². The number of rotatable bonds is 2. The molecule has 2 aromatic heterocycles. The van der Waals surface area contributed by atoms with Crippen LogP contribution in [0.1, 0.15) is 12.8 Å². The van der Waals surface area contributed by atoms with Gasteiger partial charge in [-0.2, -0.15) is 4.98 Å². The monoisotopic (exact) mass is 283 g/mol. The van der Waals surface area contributed by atoms with Gasteiger partial charge in [0.2, 0.25) is 11.2 Å². The van der Waals surface area contributed by atoms with Crippen LogP contribution in [0.3, 0.4) is 0 Å². The molecule has 3 rings (SSSR count). The molecular formula is C12H14ClN3OS.